The highest BCUT2D eigenvalue weighted by molar-refractivity contribution is 6.00. The molecule has 1 aromatic heterocycles. The number of hydrogen-bond donors (Lipinski definition) is 2. The quantitative estimate of drug-likeness (QED) is 0.720. The largest absolute Gasteiger partial charge is 0.410 e. The van der Waals surface area contributed by atoms with Crippen molar-refractivity contribution in [3.8, 4) is 5.75 Å². The number of rotatable bonds is 2. The lowest BCUT2D eigenvalue weighted by molar-refractivity contribution is -0.134. The maximum atomic E-state index is 11.6. The van der Waals surface area contributed by atoms with Gasteiger partial charge >= 0.3 is 6.09 Å². The van der Waals surface area contributed by atoms with Crippen molar-refractivity contribution >= 4 is 17.9 Å². The fourth-order valence-electron chi connectivity index (χ4n) is 1.75. The molecular formula is C11H11N3O4. The van der Waals surface area contributed by atoms with Gasteiger partial charge in [0.2, 0.25) is 11.8 Å². The Morgan fingerprint density at radius 3 is 2.78 bits per heavy atom. The van der Waals surface area contributed by atoms with E-state index in [0.717, 1.165) is 0 Å². The Balaban J connectivity index is 2.12. The summed E-state index contributed by atoms with van der Waals surface area (Å²) in [5.74, 6) is -0.879. The standard InChI is InChI=1S/C11H11N3O4/c12-11(17)18-6-1-3-8(13-5-6)7-2-4-9(15)14-10(7)16/h1,3,5,7H,2,4H2,(H2,12,17)(H,14,15,16). The van der Waals surface area contributed by atoms with Crippen LogP contribution in [0.2, 0.25) is 0 Å². The summed E-state index contributed by atoms with van der Waals surface area (Å²) in [5, 5.41) is 2.25. The summed E-state index contributed by atoms with van der Waals surface area (Å²) >= 11 is 0. The van der Waals surface area contributed by atoms with Crippen molar-refractivity contribution in [2.45, 2.75) is 18.8 Å². The molecule has 7 heteroatoms. The van der Waals surface area contributed by atoms with Gasteiger partial charge in [-0.3, -0.25) is 19.9 Å². The van der Waals surface area contributed by atoms with E-state index in [2.05, 4.69) is 15.0 Å². The van der Waals surface area contributed by atoms with E-state index in [9.17, 15) is 14.4 Å². The molecule has 1 atom stereocenters. The first-order valence-electron chi connectivity index (χ1n) is 5.33. The third kappa shape index (κ3) is 2.62. The first kappa shape index (κ1) is 12.0. The normalized spacial score (nSPS) is 19.2. The number of nitrogens with one attached hydrogen (secondary N) is 1. The summed E-state index contributed by atoms with van der Waals surface area (Å²) in [6, 6.07) is 3.06. The van der Waals surface area contributed by atoms with Gasteiger partial charge in [-0.25, -0.2) is 4.79 Å². The first-order chi connectivity index (χ1) is 8.56. The molecule has 0 bridgehead atoms. The Bertz CT molecular complexity index is 498. The number of piperidine rings is 1. The molecule has 0 aliphatic carbocycles. The van der Waals surface area contributed by atoms with Gasteiger partial charge in [-0.15, -0.1) is 0 Å². The van der Waals surface area contributed by atoms with E-state index in [4.69, 9.17) is 5.73 Å². The number of carbonyl (C=O) groups excluding carboxylic acids is 3. The monoisotopic (exact) mass is 249 g/mol. The molecule has 18 heavy (non-hydrogen) atoms. The van der Waals surface area contributed by atoms with Gasteiger partial charge in [0.25, 0.3) is 0 Å². The van der Waals surface area contributed by atoms with Gasteiger partial charge in [-0.2, -0.15) is 0 Å². The number of pyridine rings is 1. The van der Waals surface area contributed by atoms with Gasteiger partial charge in [-0.05, 0) is 18.6 Å². The van der Waals surface area contributed by atoms with E-state index in [1.807, 2.05) is 0 Å². The van der Waals surface area contributed by atoms with Crippen LogP contribution >= 0.6 is 0 Å². The molecule has 1 saturated heterocycles. The number of carbonyl (C=O) groups is 3. The Hall–Kier alpha value is -2.44. The van der Waals surface area contributed by atoms with Gasteiger partial charge in [0, 0.05) is 6.42 Å². The molecule has 1 unspecified atom stereocenters. The Morgan fingerprint density at radius 2 is 2.22 bits per heavy atom. The topological polar surface area (TPSA) is 111 Å². The third-order valence-corrected chi connectivity index (χ3v) is 2.57. The highest BCUT2D eigenvalue weighted by Crippen LogP contribution is 2.24. The van der Waals surface area contributed by atoms with Crippen LogP contribution in [0.3, 0.4) is 0 Å². The third-order valence-electron chi connectivity index (χ3n) is 2.57. The zero-order valence-electron chi connectivity index (χ0n) is 9.38. The first-order valence-corrected chi connectivity index (χ1v) is 5.33. The number of ether oxygens (including phenoxy) is 1. The molecule has 2 rings (SSSR count). The van der Waals surface area contributed by atoms with Crippen LogP contribution in [0.5, 0.6) is 5.75 Å². The lowest BCUT2D eigenvalue weighted by atomic mass is 9.94. The maximum Gasteiger partial charge on any atom is 0.410 e. The number of hydrogen-bond acceptors (Lipinski definition) is 5. The summed E-state index contributed by atoms with van der Waals surface area (Å²) in [7, 11) is 0. The zero-order chi connectivity index (χ0) is 13.1. The molecule has 3 N–H and O–H groups in total. The Labute approximate surface area is 102 Å². The van der Waals surface area contributed by atoms with Gasteiger partial charge in [0.05, 0.1) is 17.8 Å². The van der Waals surface area contributed by atoms with Crippen molar-refractivity contribution in [3.63, 3.8) is 0 Å². The van der Waals surface area contributed by atoms with E-state index < -0.39 is 12.0 Å². The minimum atomic E-state index is -0.925. The molecule has 1 fully saturated rings. The zero-order valence-corrected chi connectivity index (χ0v) is 9.38. The summed E-state index contributed by atoms with van der Waals surface area (Å²) < 4.78 is 4.62. The molecule has 0 spiro atoms. The van der Waals surface area contributed by atoms with Gasteiger partial charge in [0.15, 0.2) is 5.75 Å². The lowest BCUT2D eigenvalue weighted by Gasteiger charge is -2.20. The van der Waals surface area contributed by atoms with Crippen LogP contribution in [0.1, 0.15) is 24.5 Å². The highest BCUT2D eigenvalue weighted by atomic mass is 16.5. The smallest absolute Gasteiger partial charge is 0.409 e. The Kier molecular flexibility index (Phi) is 3.22. The SMILES string of the molecule is NC(=O)Oc1ccc(C2CCC(=O)NC2=O)nc1. The Morgan fingerprint density at radius 1 is 1.44 bits per heavy atom. The van der Waals surface area contributed by atoms with E-state index >= 15 is 0 Å². The van der Waals surface area contributed by atoms with E-state index in [-0.39, 0.29) is 24.0 Å². The molecule has 7 nitrogen and oxygen atoms in total. The van der Waals surface area contributed by atoms with Crippen LogP contribution in [-0.4, -0.2) is 22.9 Å². The number of imide groups is 1. The highest BCUT2D eigenvalue weighted by Gasteiger charge is 2.28. The fraction of sp³-hybridized carbons (Fsp3) is 0.273. The van der Waals surface area contributed by atoms with Crippen molar-refractivity contribution in [3.05, 3.63) is 24.0 Å². The van der Waals surface area contributed by atoms with Gasteiger partial charge in [-0.1, -0.05) is 0 Å². The number of amides is 3. The van der Waals surface area contributed by atoms with Crippen molar-refractivity contribution in [2.75, 3.05) is 0 Å². The lowest BCUT2D eigenvalue weighted by Crippen LogP contribution is -2.39. The van der Waals surface area contributed by atoms with Crippen molar-refractivity contribution in [2.24, 2.45) is 5.73 Å². The summed E-state index contributed by atoms with van der Waals surface area (Å²) in [5.41, 5.74) is 5.38. The van der Waals surface area contributed by atoms with Crippen LogP contribution < -0.4 is 15.8 Å². The fourth-order valence-corrected chi connectivity index (χ4v) is 1.75. The molecule has 2 heterocycles. The van der Waals surface area contributed by atoms with Crippen LogP contribution in [0.15, 0.2) is 18.3 Å². The average molecular weight is 249 g/mol. The number of nitrogens with zero attached hydrogens (tertiary/aromatic N) is 1. The van der Waals surface area contributed by atoms with E-state index in [1.54, 1.807) is 6.07 Å². The molecule has 1 aromatic rings. The molecule has 1 aliphatic rings. The van der Waals surface area contributed by atoms with Crippen LogP contribution in [0.25, 0.3) is 0 Å². The maximum absolute atomic E-state index is 11.6. The van der Waals surface area contributed by atoms with Gasteiger partial charge in [0.1, 0.15) is 0 Å². The molecule has 0 radical (unpaired) electrons. The average Bonchev–Trinajstić information content (AvgIpc) is 2.30. The van der Waals surface area contributed by atoms with Gasteiger partial charge < -0.3 is 10.5 Å². The van der Waals surface area contributed by atoms with Crippen LogP contribution in [0.4, 0.5) is 4.79 Å². The summed E-state index contributed by atoms with van der Waals surface area (Å²) in [4.78, 5) is 37.1. The predicted molar refractivity (Wildman–Crippen MR) is 59.6 cm³/mol. The molecule has 94 valence electrons. The van der Waals surface area contributed by atoms with Crippen molar-refractivity contribution in [1.82, 2.24) is 10.3 Å². The van der Waals surface area contributed by atoms with Crippen LogP contribution in [-0.2, 0) is 9.59 Å². The van der Waals surface area contributed by atoms with Crippen molar-refractivity contribution in [1.29, 1.82) is 0 Å². The summed E-state index contributed by atoms with van der Waals surface area (Å²) in [6.45, 7) is 0. The second kappa shape index (κ2) is 4.82. The predicted octanol–water partition coefficient (Wildman–Crippen LogP) is 0.0593. The molecule has 0 aromatic carbocycles. The van der Waals surface area contributed by atoms with Crippen molar-refractivity contribution < 1.29 is 19.1 Å². The molecule has 3 amide bonds. The minimum absolute atomic E-state index is 0.207. The minimum Gasteiger partial charge on any atom is -0.409 e. The number of primary amides is 1. The molecular weight excluding hydrogens is 238 g/mol. The number of aromatic nitrogens is 1. The summed E-state index contributed by atoms with van der Waals surface area (Å²) in [6.07, 6.45) is 1.10. The van der Waals surface area contributed by atoms with Crippen LogP contribution in [0, 0.1) is 0 Å². The molecule has 0 saturated carbocycles. The number of nitrogens with two attached hydrogens (primary N) is 1. The van der Waals surface area contributed by atoms with E-state index in [0.29, 0.717) is 12.1 Å². The second-order valence-corrected chi connectivity index (χ2v) is 3.84. The second-order valence-electron chi connectivity index (χ2n) is 3.84. The molecule has 1 aliphatic heterocycles. The van der Waals surface area contributed by atoms with E-state index in [1.165, 1.54) is 12.3 Å².